The van der Waals surface area contributed by atoms with E-state index in [4.69, 9.17) is 0 Å². The summed E-state index contributed by atoms with van der Waals surface area (Å²) in [5.74, 6) is 0.525. The Kier molecular flexibility index (Phi) is 6.97. The largest absolute Gasteiger partial charge is 0.353 e. The molecule has 28 heavy (non-hydrogen) atoms. The first-order chi connectivity index (χ1) is 13.8. The predicted octanol–water partition coefficient (Wildman–Crippen LogP) is 3.21. The highest BCUT2D eigenvalue weighted by Crippen LogP contribution is 2.25. The van der Waals surface area contributed by atoms with Gasteiger partial charge in [0.15, 0.2) is 0 Å². The number of nitrogens with one attached hydrogen (secondary N) is 1. The second-order valence-corrected chi connectivity index (χ2v) is 9.04. The number of piperidine rings is 2. The van der Waals surface area contributed by atoms with E-state index >= 15 is 0 Å². The fourth-order valence-electron chi connectivity index (χ4n) is 5.31. The zero-order valence-corrected chi connectivity index (χ0v) is 17.2. The molecule has 0 spiro atoms. The maximum absolute atomic E-state index is 12.8. The van der Waals surface area contributed by atoms with Crippen LogP contribution < -0.4 is 5.32 Å². The third kappa shape index (κ3) is 5.32. The fourth-order valence-corrected chi connectivity index (χ4v) is 5.31. The van der Waals surface area contributed by atoms with Crippen LogP contribution in [0.5, 0.6) is 0 Å². The smallest absolute Gasteiger partial charge is 0.224 e. The van der Waals surface area contributed by atoms with Gasteiger partial charge >= 0.3 is 0 Å². The van der Waals surface area contributed by atoms with Crippen LogP contribution in [-0.4, -0.2) is 59.0 Å². The van der Waals surface area contributed by atoms with Gasteiger partial charge in [0.1, 0.15) is 0 Å². The number of hydrogen-bond acceptors (Lipinski definition) is 4. The number of nitrogens with zero attached hydrogens (tertiary/aromatic N) is 3. The van der Waals surface area contributed by atoms with Crippen LogP contribution in [0.25, 0.3) is 0 Å². The first kappa shape index (κ1) is 19.8. The minimum absolute atomic E-state index is 0.200. The zero-order chi connectivity index (χ0) is 19.2. The number of likely N-dealkylation sites (tertiary alicyclic amines) is 2. The van der Waals surface area contributed by atoms with Crippen molar-refractivity contribution in [2.45, 2.75) is 76.4 Å². The highest BCUT2D eigenvalue weighted by molar-refractivity contribution is 5.79. The van der Waals surface area contributed by atoms with Crippen molar-refractivity contribution in [1.29, 1.82) is 0 Å². The van der Waals surface area contributed by atoms with Crippen LogP contribution in [0.1, 0.15) is 63.4 Å². The SMILES string of the molecule is O=C(NC1CCCCC1)C1CCCN(C2CCN(Cc3ccncc3)CC2)C1. The predicted molar refractivity (Wildman–Crippen MR) is 112 cm³/mol. The van der Waals surface area contributed by atoms with E-state index in [-0.39, 0.29) is 5.92 Å². The fraction of sp³-hybridized carbons (Fsp3) is 0.739. The molecule has 0 aromatic carbocycles. The second kappa shape index (κ2) is 9.84. The molecule has 2 saturated heterocycles. The molecule has 1 amide bonds. The maximum Gasteiger partial charge on any atom is 0.224 e. The maximum atomic E-state index is 12.8. The number of carbonyl (C=O) groups is 1. The van der Waals surface area contributed by atoms with E-state index in [0.29, 0.717) is 18.0 Å². The molecule has 1 atom stereocenters. The Bertz CT molecular complexity index is 608. The van der Waals surface area contributed by atoms with Crippen LogP contribution >= 0.6 is 0 Å². The summed E-state index contributed by atoms with van der Waals surface area (Å²) in [4.78, 5) is 22.1. The lowest BCUT2D eigenvalue weighted by Gasteiger charge is -2.42. The Morgan fingerprint density at radius 1 is 0.964 bits per heavy atom. The number of carbonyl (C=O) groups excluding carboxylic acids is 1. The van der Waals surface area contributed by atoms with E-state index in [0.717, 1.165) is 32.6 Å². The van der Waals surface area contributed by atoms with Gasteiger partial charge in [-0.05, 0) is 75.9 Å². The molecular formula is C23H36N4O. The lowest BCUT2D eigenvalue weighted by atomic mass is 9.91. The average molecular weight is 385 g/mol. The molecule has 2 aliphatic heterocycles. The molecule has 3 aliphatic rings. The van der Waals surface area contributed by atoms with Gasteiger partial charge in [0, 0.05) is 37.6 Å². The first-order valence-electron chi connectivity index (χ1n) is 11.4. The van der Waals surface area contributed by atoms with Crippen LogP contribution in [-0.2, 0) is 11.3 Å². The van der Waals surface area contributed by atoms with Crippen molar-refractivity contribution in [1.82, 2.24) is 20.1 Å². The Balaban J connectivity index is 1.23. The number of pyridine rings is 1. The Hall–Kier alpha value is -1.46. The summed E-state index contributed by atoms with van der Waals surface area (Å²) >= 11 is 0. The average Bonchev–Trinajstić information content (AvgIpc) is 2.76. The Morgan fingerprint density at radius 3 is 2.46 bits per heavy atom. The summed E-state index contributed by atoms with van der Waals surface area (Å²) in [5, 5.41) is 3.37. The van der Waals surface area contributed by atoms with E-state index in [1.54, 1.807) is 0 Å². The lowest BCUT2D eigenvalue weighted by Crippen LogP contribution is -2.51. The molecule has 5 heteroatoms. The van der Waals surface area contributed by atoms with Crippen molar-refractivity contribution in [3.8, 4) is 0 Å². The standard InChI is InChI=1S/C23H36N4O/c28-23(25-21-6-2-1-3-7-21)20-5-4-14-27(18-20)22-10-15-26(16-11-22)17-19-8-12-24-13-9-19/h8-9,12-13,20-22H,1-7,10-11,14-18H2,(H,25,28). The van der Waals surface area contributed by atoms with Crippen molar-refractivity contribution in [2.75, 3.05) is 26.2 Å². The minimum atomic E-state index is 0.200. The molecular weight excluding hydrogens is 348 g/mol. The molecule has 1 aliphatic carbocycles. The molecule has 3 heterocycles. The van der Waals surface area contributed by atoms with E-state index in [1.807, 2.05) is 12.4 Å². The Labute approximate surface area is 169 Å². The highest BCUT2D eigenvalue weighted by atomic mass is 16.2. The van der Waals surface area contributed by atoms with Gasteiger partial charge in [-0.15, -0.1) is 0 Å². The van der Waals surface area contributed by atoms with Crippen molar-refractivity contribution in [2.24, 2.45) is 5.92 Å². The Morgan fingerprint density at radius 2 is 1.71 bits per heavy atom. The van der Waals surface area contributed by atoms with Gasteiger partial charge in [-0.2, -0.15) is 0 Å². The van der Waals surface area contributed by atoms with Gasteiger partial charge in [0.2, 0.25) is 5.91 Å². The van der Waals surface area contributed by atoms with Gasteiger partial charge < -0.3 is 5.32 Å². The zero-order valence-electron chi connectivity index (χ0n) is 17.2. The quantitative estimate of drug-likeness (QED) is 0.847. The van der Waals surface area contributed by atoms with Crippen LogP contribution in [0.3, 0.4) is 0 Å². The minimum Gasteiger partial charge on any atom is -0.353 e. The molecule has 154 valence electrons. The molecule has 1 aromatic heterocycles. The van der Waals surface area contributed by atoms with Crippen molar-refractivity contribution < 1.29 is 4.79 Å². The summed E-state index contributed by atoms with van der Waals surface area (Å²) in [6.07, 6.45) is 14.7. The summed E-state index contributed by atoms with van der Waals surface area (Å²) in [6.45, 7) is 5.47. The molecule has 1 unspecified atom stereocenters. The summed E-state index contributed by atoms with van der Waals surface area (Å²) in [6, 6.07) is 5.32. The van der Waals surface area contributed by atoms with Crippen LogP contribution in [0.4, 0.5) is 0 Å². The van der Waals surface area contributed by atoms with Crippen molar-refractivity contribution in [3.05, 3.63) is 30.1 Å². The van der Waals surface area contributed by atoms with Gasteiger partial charge in [0.05, 0.1) is 5.92 Å². The molecule has 0 radical (unpaired) electrons. The topological polar surface area (TPSA) is 48.5 Å². The highest BCUT2D eigenvalue weighted by Gasteiger charge is 2.32. The molecule has 1 saturated carbocycles. The van der Waals surface area contributed by atoms with E-state index in [2.05, 4.69) is 32.2 Å². The lowest BCUT2D eigenvalue weighted by molar-refractivity contribution is -0.128. The molecule has 1 aromatic rings. The molecule has 3 fully saturated rings. The van der Waals surface area contributed by atoms with E-state index < -0.39 is 0 Å². The second-order valence-electron chi connectivity index (χ2n) is 9.04. The third-order valence-electron chi connectivity index (χ3n) is 7.00. The molecule has 4 rings (SSSR count). The number of aromatic nitrogens is 1. The van der Waals surface area contributed by atoms with Crippen LogP contribution in [0.15, 0.2) is 24.5 Å². The summed E-state index contributed by atoms with van der Waals surface area (Å²) < 4.78 is 0. The van der Waals surface area contributed by atoms with Crippen LogP contribution in [0, 0.1) is 5.92 Å². The number of amides is 1. The molecule has 0 bridgehead atoms. The van der Waals surface area contributed by atoms with E-state index in [1.165, 1.54) is 63.5 Å². The molecule has 5 nitrogen and oxygen atoms in total. The first-order valence-corrected chi connectivity index (χ1v) is 11.4. The number of rotatable bonds is 5. The molecule has 1 N–H and O–H groups in total. The van der Waals surface area contributed by atoms with Crippen LogP contribution in [0.2, 0.25) is 0 Å². The normalized spacial score (nSPS) is 26.2. The summed E-state index contributed by atoms with van der Waals surface area (Å²) in [5.41, 5.74) is 1.35. The van der Waals surface area contributed by atoms with Gasteiger partial charge in [-0.25, -0.2) is 0 Å². The van der Waals surface area contributed by atoms with Crippen molar-refractivity contribution >= 4 is 5.91 Å². The number of hydrogen-bond donors (Lipinski definition) is 1. The van der Waals surface area contributed by atoms with Gasteiger partial charge in [-0.1, -0.05) is 19.3 Å². The van der Waals surface area contributed by atoms with Gasteiger partial charge in [-0.3, -0.25) is 19.6 Å². The summed E-state index contributed by atoms with van der Waals surface area (Å²) in [7, 11) is 0. The van der Waals surface area contributed by atoms with Crippen molar-refractivity contribution in [3.63, 3.8) is 0 Å². The monoisotopic (exact) mass is 384 g/mol. The third-order valence-corrected chi connectivity index (χ3v) is 7.00. The van der Waals surface area contributed by atoms with E-state index in [9.17, 15) is 4.79 Å². The van der Waals surface area contributed by atoms with Gasteiger partial charge in [0.25, 0.3) is 0 Å².